The molecule has 0 atom stereocenters. The predicted octanol–water partition coefficient (Wildman–Crippen LogP) is 8.39. The highest BCUT2D eigenvalue weighted by atomic mass is 15.2. The molecule has 5 aromatic rings. The van der Waals surface area contributed by atoms with Crippen molar-refractivity contribution >= 4 is 34.1 Å². The molecule has 5 rings (SSSR count). The predicted molar refractivity (Wildman–Crippen MR) is 148 cm³/mol. The molecule has 0 unspecified atom stereocenters. The van der Waals surface area contributed by atoms with Crippen LogP contribution in [-0.2, 0) is 6.54 Å². The molecule has 3 heteroatoms. The molecule has 0 bridgehead atoms. The third-order valence-corrected chi connectivity index (χ3v) is 6.12. The fourth-order valence-corrected chi connectivity index (χ4v) is 4.27. The molecule has 0 aliphatic rings. The summed E-state index contributed by atoms with van der Waals surface area (Å²) in [6, 6.07) is 46.8. The number of hydrogen-bond donors (Lipinski definition) is 1. The molecule has 3 nitrogen and oxygen atoms in total. The third-order valence-electron chi connectivity index (χ3n) is 6.12. The highest BCUT2D eigenvalue weighted by molar-refractivity contribution is 5.81. The molecule has 0 aliphatic carbocycles. The fraction of sp³-hybridized carbons (Fsp3) is 0.0625. The Balaban J connectivity index is 1.56. The van der Waals surface area contributed by atoms with E-state index in [2.05, 4.69) is 138 Å². The van der Waals surface area contributed by atoms with Crippen molar-refractivity contribution < 1.29 is 0 Å². The van der Waals surface area contributed by atoms with Crippen molar-refractivity contribution in [1.29, 1.82) is 0 Å². The fourth-order valence-electron chi connectivity index (χ4n) is 4.27. The summed E-state index contributed by atoms with van der Waals surface area (Å²) in [5.74, 6) is 0. The van der Waals surface area contributed by atoms with Gasteiger partial charge < -0.3 is 15.5 Å². The van der Waals surface area contributed by atoms with E-state index >= 15 is 0 Å². The van der Waals surface area contributed by atoms with Crippen molar-refractivity contribution in [1.82, 2.24) is 0 Å². The minimum absolute atomic E-state index is 0.536. The van der Waals surface area contributed by atoms with E-state index in [1.54, 1.807) is 0 Å². The van der Waals surface area contributed by atoms with Gasteiger partial charge >= 0.3 is 0 Å². The van der Waals surface area contributed by atoms with Crippen LogP contribution in [0, 0.1) is 6.92 Å². The van der Waals surface area contributed by atoms with Crippen molar-refractivity contribution in [2.24, 2.45) is 5.73 Å². The molecule has 0 fully saturated rings. The van der Waals surface area contributed by atoms with Gasteiger partial charge in [0.25, 0.3) is 0 Å². The maximum absolute atomic E-state index is 5.83. The van der Waals surface area contributed by atoms with Gasteiger partial charge in [0.2, 0.25) is 0 Å². The van der Waals surface area contributed by atoms with Crippen LogP contribution in [0.15, 0.2) is 133 Å². The standard InChI is InChI=1S/C32H29N3/c1-25-12-16-29(17-13-25)34(27-8-4-2-5-9-27)31-20-22-32(23-21-31)35(28-10-6-3-7-11-28)30-18-14-26(24-33)15-19-30/h2-23H,24,33H2,1H3. The highest BCUT2D eigenvalue weighted by Gasteiger charge is 2.15. The van der Waals surface area contributed by atoms with Gasteiger partial charge in [-0.3, -0.25) is 0 Å². The van der Waals surface area contributed by atoms with Crippen LogP contribution in [0.4, 0.5) is 34.1 Å². The first-order valence-electron chi connectivity index (χ1n) is 11.9. The minimum atomic E-state index is 0.536. The van der Waals surface area contributed by atoms with Crippen molar-refractivity contribution in [2.45, 2.75) is 13.5 Å². The minimum Gasteiger partial charge on any atom is -0.326 e. The summed E-state index contributed by atoms with van der Waals surface area (Å²) in [6.07, 6.45) is 0. The smallest absolute Gasteiger partial charge is 0.0463 e. The second-order valence-corrected chi connectivity index (χ2v) is 8.56. The van der Waals surface area contributed by atoms with E-state index in [1.807, 2.05) is 12.1 Å². The van der Waals surface area contributed by atoms with Crippen LogP contribution >= 0.6 is 0 Å². The zero-order chi connectivity index (χ0) is 24.0. The van der Waals surface area contributed by atoms with E-state index in [9.17, 15) is 0 Å². The topological polar surface area (TPSA) is 32.5 Å². The zero-order valence-corrected chi connectivity index (χ0v) is 19.9. The Bertz CT molecular complexity index is 1350. The Labute approximate surface area is 207 Å². The molecule has 0 saturated carbocycles. The number of nitrogens with two attached hydrogens (primary N) is 1. The molecule has 172 valence electrons. The number of rotatable bonds is 7. The van der Waals surface area contributed by atoms with Gasteiger partial charge in [0.15, 0.2) is 0 Å². The molecular formula is C32H29N3. The monoisotopic (exact) mass is 455 g/mol. The summed E-state index contributed by atoms with van der Waals surface area (Å²) in [5.41, 5.74) is 14.9. The van der Waals surface area contributed by atoms with Crippen LogP contribution in [0.2, 0.25) is 0 Å². The van der Waals surface area contributed by atoms with Crippen LogP contribution in [0.5, 0.6) is 0 Å². The quantitative estimate of drug-likeness (QED) is 0.267. The summed E-state index contributed by atoms with van der Waals surface area (Å²) < 4.78 is 0. The Morgan fingerprint density at radius 3 is 1.11 bits per heavy atom. The summed E-state index contributed by atoms with van der Waals surface area (Å²) in [6.45, 7) is 2.65. The number of nitrogens with zero attached hydrogens (tertiary/aromatic N) is 2. The number of hydrogen-bond acceptors (Lipinski definition) is 3. The highest BCUT2D eigenvalue weighted by Crippen LogP contribution is 2.38. The Morgan fingerprint density at radius 1 is 0.429 bits per heavy atom. The Hall–Kier alpha value is -4.34. The first-order chi connectivity index (χ1) is 17.2. The first-order valence-corrected chi connectivity index (χ1v) is 11.9. The number of aryl methyl sites for hydroxylation is 1. The van der Waals surface area contributed by atoms with Gasteiger partial charge in [-0.25, -0.2) is 0 Å². The van der Waals surface area contributed by atoms with Crippen LogP contribution < -0.4 is 15.5 Å². The van der Waals surface area contributed by atoms with Gasteiger partial charge in [0, 0.05) is 40.7 Å². The molecule has 0 radical (unpaired) electrons. The summed E-state index contributed by atoms with van der Waals surface area (Å²) in [7, 11) is 0. The molecule has 35 heavy (non-hydrogen) atoms. The van der Waals surface area contributed by atoms with Crippen molar-refractivity contribution in [3.05, 3.63) is 145 Å². The van der Waals surface area contributed by atoms with E-state index in [0.717, 1.165) is 39.7 Å². The van der Waals surface area contributed by atoms with Gasteiger partial charge in [0.05, 0.1) is 0 Å². The van der Waals surface area contributed by atoms with E-state index in [1.165, 1.54) is 5.56 Å². The van der Waals surface area contributed by atoms with Gasteiger partial charge in [-0.1, -0.05) is 66.2 Å². The SMILES string of the molecule is Cc1ccc(N(c2ccccc2)c2ccc(N(c3ccccc3)c3ccc(CN)cc3)cc2)cc1. The lowest BCUT2D eigenvalue weighted by Gasteiger charge is -2.28. The summed E-state index contributed by atoms with van der Waals surface area (Å²) in [4.78, 5) is 4.55. The maximum atomic E-state index is 5.83. The second-order valence-electron chi connectivity index (χ2n) is 8.56. The van der Waals surface area contributed by atoms with Crippen molar-refractivity contribution in [3.63, 3.8) is 0 Å². The lowest BCUT2D eigenvalue weighted by Crippen LogP contribution is -2.12. The van der Waals surface area contributed by atoms with E-state index in [0.29, 0.717) is 6.54 Å². The second kappa shape index (κ2) is 10.3. The maximum Gasteiger partial charge on any atom is 0.0463 e. The third kappa shape index (κ3) is 4.96. The van der Waals surface area contributed by atoms with E-state index in [4.69, 9.17) is 5.73 Å². The average Bonchev–Trinajstić information content (AvgIpc) is 2.93. The van der Waals surface area contributed by atoms with Crippen LogP contribution in [-0.4, -0.2) is 0 Å². The lowest BCUT2D eigenvalue weighted by molar-refractivity contribution is 1.07. The largest absolute Gasteiger partial charge is 0.326 e. The number of benzene rings is 5. The molecule has 5 aromatic carbocycles. The van der Waals surface area contributed by atoms with E-state index in [-0.39, 0.29) is 0 Å². The lowest BCUT2D eigenvalue weighted by atomic mass is 10.1. The Morgan fingerprint density at radius 2 is 0.743 bits per heavy atom. The molecule has 0 aliphatic heterocycles. The molecule has 0 aromatic heterocycles. The van der Waals surface area contributed by atoms with Crippen molar-refractivity contribution in [2.75, 3.05) is 9.80 Å². The normalized spacial score (nSPS) is 10.7. The van der Waals surface area contributed by atoms with Gasteiger partial charge in [-0.2, -0.15) is 0 Å². The molecule has 0 spiro atoms. The molecule has 0 saturated heterocycles. The van der Waals surface area contributed by atoms with Gasteiger partial charge in [0.1, 0.15) is 0 Å². The van der Waals surface area contributed by atoms with Crippen molar-refractivity contribution in [3.8, 4) is 0 Å². The zero-order valence-electron chi connectivity index (χ0n) is 19.9. The van der Waals surface area contributed by atoms with Gasteiger partial charge in [-0.05, 0) is 85.3 Å². The molecule has 2 N–H and O–H groups in total. The van der Waals surface area contributed by atoms with Crippen LogP contribution in [0.1, 0.15) is 11.1 Å². The summed E-state index contributed by atoms with van der Waals surface area (Å²) in [5, 5.41) is 0. The number of para-hydroxylation sites is 2. The Kier molecular flexibility index (Phi) is 6.60. The molecule has 0 heterocycles. The number of anilines is 6. The molecular weight excluding hydrogens is 426 g/mol. The van der Waals surface area contributed by atoms with Crippen LogP contribution in [0.25, 0.3) is 0 Å². The average molecular weight is 456 g/mol. The first kappa shape index (κ1) is 22.5. The molecule has 0 amide bonds. The van der Waals surface area contributed by atoms with E-state index < -0.39 is 0 Å². The van der Waals surface area contributed by atoms with Gasteiger partial charge in [-0.15, -0.1) is 0 Å². The summed E-state index contributed by atoms with van der Waals surface area (Å²) >= 11 is 0. The van der Waals surface area contributed by atoms with Crippen LogP contribution in [0.3, 0.4) is 0 Å².